The van der Waals surface area contributed by atoms with Gasteiger partial charge in [-0.15, -0.1) is 11.3 Å². The van der Waals surface area contributed by atoms with E-state index in [-0.39, 0.29) is 5.91 Å². The predicted octanol–water partition coefficient (Wildman–Crippen LogP) is 4.06. The van der Waals surface area contributed by atoms with E-state index >= 15 is 0 Å². The Morgan fingerprint density at radius 1 is 1.00 bits per heavy atom. The fourth-order valence-electron chi connectivity index (χ4n) is 1.89. The Kier molecular flexibility index (Phi) is 3.56. The van der Waals surface area contributed by atoms with E-state index in [1.807, 2.05) is 47.8 Å². The maximum Gasteiger partial charge on any atom is 0.255 e. The van der Waals surface area contributed by atoms with Crippen LogP contribution in [0.3, 0.4) is 0 Å². The lowest BCUT2D eigenvalue weighted by atomic mass is 10.2. The molecule has 2 aromatic heterocycles. The second kappa shape index (κ2) is 5.67. The summed E-state index contributed by atoms with van der Waals surface area (Å²) in [6.45, 7) is 0. The molecule has 0 aliphatic rings. The number of carbonyl (C=O) groups is 1. The summed E-state index contributed by atoms with van der Waals surface area (Å²) in [6.07, 6.45) is 1.75. The lowest BCUT2D eigenvalue weighted by molar-refractivity contribution is 0.102. The third kappa shape index (κ3) is 2.60. The molecule has 1 amide bonds. The van der Waals surface area contributed by atoms with E-state index in [2.05, 4.69) is 10.3 Å². The fraction of sp³-hybridized carbons (Fsp3) is 0. The topological polar surface area (TPSA) is 42.0 Å². The van der Waals surface area contributed by atoms with Gasteiger partial charge in [0, 0.05) is 11.8 Å². The molecule has 0 saturated heterocycles. The van der Waals surface area contributed by atoms with Gasteiger partial charge in [-0.05, 0) is 35.7 Å². The van der Waals surface area contributed by atoms with Crippen molar-refractivity contribution in [1.82, 2.24) is 4.98 Å². The van der Waals surface area contributed by atoms with E-state index in [1.54, 1.807) is 29.7 Å². The van der Waals surface area contributed by atoms with Crippen LogP contribution in [0.25, 0.3) is 10.6 Å². The van der Waals surface area contributed by atoms with E-state index in [4.69, 9.17) is 0 Å². The number of rotatable bonds is 3. The van der Waals surface area contributed by atoms with E-state index in [0.29, 0.717) is 5.56 Å². The first-order valence-electron chi connectivity index (χ1n) is 6.20. The highest BCUT2D eigenvalue weighted by Crippen LogP contribution is 2.32. The van der Waals surface area contributed by atoms with Crippen molar-refractivity contribution in [3.05, 3.63) is 71.7 Å². The molecule has 0 aliphatic carbocycles. The summed E-state index contributed by atoms with van der Waals surface area (Å²) in [6, 6.07) is 16.8. The minimum atomic E-state index is -0.110. The van der Waals surface area contributed by atoms with Crippen LogP contribution in [0.5, 0.6) is 0 Å². The smallest absolute Gasteiger partial charge is 0.255 e. The molecule has 98 valence electrons. The molecule has 1 aromatic carbocycles. The molecule has 0 unspecified atom stereocenters. The number of carbonyl (C=O) groups excluding carboxylic acids is 1. The lowest BCUT2D eigenvalue weighted by Gasteiger charge is -2.06. The Morgan fingerprint density at radius 2 is 1.80 bits per heavy atom. The van der Waals surface area contributed by atoms with Gasteiger partial charge in [-0.2, -0.15) is 0 Å². The number of amides is 1. The van der Waals surface area contributed by atoms with Gasteiger partial charge in [-0.1, -0.05) is 24.3 Å². The lowest BCUT2D eigenvalue weighted by Crippen LogP contribution is -2.11. The fourth-order valence-corrected chi connectivity index (χ4v) is 2.71. The van der Waals surface area contributed by atoms with Gasteiger partial charge < -0.3 is 5.32 Å². The van der Waals surface area contributed by atoms with Crippen molar-refractivity contribution in [2.45, 2.75) is 0 Å². The third-order valence-electron chi connectivity index (χ3n) is 2.85. The molecule has 0 saturated carbocycles. The monoisotopic (exact) mass is 280 g/mol. The van der Waals surface area contributed by atoms with E-state index in [0.717, 1.165) is 16.3 Å². The quantitative estimate of drug-likeness (QED) is 0.786. The number of nitrogens with one attached hydrogen (secondary N) is 1. The summed E-state index contributed by atoms with van der Waals surface area (Å²) in [5.74, 6) is -0.110. The molecule has 0 spiro atoms. The van der Waals surface area contributed by atoms with Gasteiger partial charge in [0.15, 0.2) is 0 Å². The largest absolute Gasteiger partial charge is 0.321 e. The van der Waals surface area contributed by atoms with Gasteiger partial charge in [0.05, 0.1) is 16.3 Å². The van der Waals surface area contributed by atoms with Gasteiger partial charge in [-0.3, -0.25) is 9.78 Å². The van der Waals surface area contributed by atoms with Crippen molar-refractivity contribution < 1.29 is 4.79 Å². The minimum Gasteiger partial charge on any atom is -0.321 e. The summed E-state index contributed by atoms with van der Waals surface area (Å²) >= 11 is 1.56. The average Bonchev–Trinajstić information content (AvgIpc) is 2.97. The van der Waals surface area contributed by atoms with Crippen LogP contribution in [0.15, 0.2) is 66.2 Å². The Bertz CT molecular complexity index is 708. The Balaban J connectivity index is 1.86. The highest BCUT2D eigenvalue weighted by atomic mass is 32.1. The standard InChI is InChI=1S/C16H12N2OS/c19-16(12-6-2-1-3-7-12)18-14-9-11-20-15(14)13-8-4-5-10-17-13/h1-11H,(H,18,19). The van der Waals surface area contributed by atoms with Crippen molar-refractivity contribution >= 4 is 22.9 Å². The van der Waals surface area contributed by atoms with Crippen LogP contribution in [-0.4, -0.2) is 10.9 Å². The molecule has 0 aliphatic heterocycles. The normalized spacial score (nSPS) is 10.2. The van der Waals surface area contributed by atoms with Crippen LogP contribution in [0.1, 0.15) is 10.4 Å². The molecule has 4 heteroatoms. The second-order valence-corrected chi connectivity index (χ2v) is 5.11. The number of hydrogen-bond donors (Lipinski definition) is 1. The van der Waals surface area contributed by atoms with Crippen molar-refractivity contribution in [1.29, 1.82) is 0 Å². The molecule has 0 fully saturated rings. The molecule has 3 rings (SSSR count). The van der Waals surface area contributed by atoms with E-state index < -0.39 is 0 Å². The van der Waals surface area contributed by atoms with E-state index in [1.165, 1.54) is 0 Å². The van der Waals surface area contributed by atoms with Crippen LogP contribution in [0, 0.1) is 0 Å². The Labute approximate surface area is 120 Å². The molecule has 0 atom stereocenters. The van der Waals surface area contributed by atoms with Gasteiger partial charge >= 0.3 is 0 Å². The maximum atomic E-state index is 12.2. The molecular weight excluding hydrogens is 268 g/mol. The Hall–Kier alpha value is -2.46. The first-order valence-corrected chi connectivity index (χ1v) is 7.08. The van der Waals surface area contributed by atoms with Crippen LogP contribution >= 0.6 is 11.3 Å². The Morgan fingerprint density at radius 3 is 2.55 bits per heavy atom. The highest BCUT2D eigenvalue weighted by molar-refractivity contribution is 7.14. The number of hydrogen-bond acceptors (Lipinski definition) is 3. The van der Waals surface area contributed by atoms with Crippen LogP contribution < -0.4 is 5.32 Å². The summed E-state index contributed by atoms with van der Waals surface area (Å²) in [5, 5.41) is 4.89. The van der Waals surface area contributed by atoms with Crippen molar-refractivity contribution in [2.24, 2.45) is 0 Å². The summed E-state index contributed by atoms with van der Waals surface area (Å²) < 4.78 is 0. The highest BCUT2D eigenvalue weighted by Gasteiger charge is 2.11. The van der Waals surface area contributed by atoms with Gasteiger partial charge in [0.1, 0.15) is 0 Å². The number of pyridine rings is 1. The number of thiophene rings is 1. The maximum absolute atomic E-state index is 12.2. The van der Waals surface area contributed by atoms with Crippen LogP contribution in [0.4, 0.5) is 5.69 Å². The molecule has 3 nitrogen and oxygen atoms in total. The van der Waals surface area contributed by atoms with Gasteiger partial charge in [-0.25, -0.2) is 0 Å². The van der Waals surface area contributed by atoms with Crippen LogP contribution in [0.2, 0.25) is 0 Å². The molecular formula is C16H12N2OS. The van der Waals surface area contributed by atoms with Gasteiger partial charge in [0.25, 0.3) is 5.91 Å². The van der Waals surface area contributed by atoms with Crippen molar-refractivity contribution in [3.8, 4) is 10.6 Å². The summed E-state index contributed by atoms with van der Waals surface area (Å²) in [5.41, 5.74) is 2.30. The molecule has 3 aromatic rings. The molecule has 1 N–H and O–H groups in total. The van der Waals surface area contributed by atoms with Gasteiger partial charge in [0.2, 0.25) is 0 Å². The number of anilines is 1. The molecule has 0 bridgehead atoms. The third-order valence-corrected chi connectivity index (χ3v) is 3.78. The molecule has 2 heterocycles. The number of nitrogens with zero attached hydrogens (tertiary/aromatic N) is 1. The van der Waals surface area contributed by atoms with Crippen LogP contribution in [-0.2, 0) is 0 Å². The zero-order chi connectivity index (χ0) is 13.8. The first kappa shape index (κ1) is 12.6. The predicted molar refractivity (Wildman–Crippen MR) is 81.9 cm³/mol. The number of benzene rings is 1. The SMILES string of the molecule is O=C(Nc1ccsc1-c1ccccn1)c1ccccc1. The first-order chi connectivity index (χ1) is 9.84. The van der Waals surface area contributed by atoms with Crippen molar-refractivity contribution in [2.75, 3.05) is 5.32 Å². The van der Waals surface area contributed by atoms with Crippen molar-refractivity contribution in [3.63, 3.8) is 0 Å². The average molecular weight is 280 g/mol. The molecule has 20 heavy (non-hydrogen) atoms. The molecule has 0 radical (unpaired) electrons. The minimum absolute atomic E-state index is 0.110. The number of aromatic nitrogens is 1. The van der Waals surface area contributed by atoms with E-state index in [9.17, 15) is 4.79 Å². The second-order valence-electron chi connectivity index (χ2n) is 4.20. The zero-order valence-electron chi connectivity index (χ0n) is 10.6. The summed E-state index contributed by atoms with van der Waals surface area (Å²) in [7, 11) is 0. The summed E-state index contributed by atoms with van der Waals surface area (Å²) in [4.78, 5) is 17.5. The zero-order valence-corrected chi connectivity index (χ0v) is 11.4.